The summed E-state index contributed by atoms with van der Waals surface area (Å²) in [5, 5.41) is 2.90. The van der Waals surface area contributed by atoms with Crippen molar-refractivity contribution < 1.29 is 22.7 Å². The van der Waals surface area contributed by atoms with Crippen LogP contribution >= 0.6 is 0 Å². The highest BCUT2D eigenvalue weighted by Crippen LogP contribution is 2.26. The Balaban J connectivity index is 1.96. The summed E-state index contributed by atoms with van der Waals surface area (Å²) in [5.74, 6) is -0.140. The Bertz CT molecular complexity index is 1320. The Kier molecular flexibility index (Phi) is 11.6. The lowest BCUT2D eigenvalue weighted by molar-refractivity contribution is -0.139. The second-order valence-electron chi connectivity index (χ2n) is 9.29. The van der Waals surface area contributed by atoms with Gasteiger partial charge < -0.3 is 15.0 Å². The predicted octanol–water partition coefficient (Wildman–Crippen LogP) is 4.66. The summed E-state index contributed by atoms with van der Waals surface area (Å²) in [6.07, 6.45) is 1.69. The van der Waals surface area contributed by atoms with Crippen molar-refractivity contribution in [2.45, 2.75) is 51.0 Å². The molecule has 8 nitrogen and oxygen atoms in total. The SMILES string of the molecule is CCCNC(=O)[C@@H](CC)N(CCc1ccccc1)C(=O)CN(c1ccccc1)S(=O)(=O)c1ccc(OCC)cc1. The van der Waals surface area contributed by atoms with Gasteiger partial charge in [0.15, 0.2) is 0 Å². The normalized spacial score (nSPS) is 11.9. The molecule has 40 heavy (non-hydrogen) atoms. The number of carbonyl (C=O) groups is 2. The van der Waals surface area contributed by atoms with E-state index in [0.717, 1.165) is 16.3 Å². The van der Waals surface area contributed by atoms with Crippen molar-refractivity contribution in [3.8, 4) is 5.75 Å². The van der Waals surface area contributed by atoms with E-state index in [1.54, 1.807) is 42.5 Å². The molecule has 9 heteroatoms. The number of nitrogens with zero attached hydrogens (tertiary/aromatic N) is 2. The van der Waals surface area contributed by atoms with Crippen LogP contribution < -0.4 is 14.4 Å². The van der Waals surface area contributed by atoms with Crippen molar-refractivity contribution in [1.29, 1.82) is 0 Å². The number of para-hydroxylation sites is 1. The van der Waals surface area contributed by atoms with Crippen molar-refractivity contribution in [2.24, 2.45) is 0 Å². The lowest BCUT2D eigenvalue weighted by Crippen LogP contribution is -2.53. The lowest BCUT2D eigenvalue weighted by Gasteiger charge is -2.33. The molecule has 0 radical (unpaired) electrons. The average molecular weight is 566 g/mol. The quantitative estimate of drug-likeness (QED) is 0.289. The zero-order chi connectivity index (χ0) is 29.0. The van der Waals surface area contributed by atoms with Crippen LogP contribution in [0.2, 0.25) is 0 Å². The summed E-state index contributed by atoms with van der Waals surface area (Å²) in [7, 11) is -4.12. The number of ether oxygens (including phenoxy) is 1. The third kappa shape index (κ3) is 8.08. The fourth-order valence-corrected chi connectivity index (χ4v) is 5.80. The Morgan fingerprint density at radius 2 is 1.50 bits per heavy atom. The smallest absolute Gasteiger partial charge is 0.264 e. The van der Waals surface area contributed by atoms with Crippen molar-refractivity contribution in [3.05, 3.63) is 90.5 Å². The molecule has 2 amide bonds. The van der Waals surface area contributed by atoms with E-state index in [9.17, 15) is 18.0 Å². The predicted molar refractivity (Wildman–Crippen MR) is 158 cm³/mol. The Morgan fingerprint density at radius 3 is 2.08 bits per heavy atom. The molecule has 0 spiro atoms. The number of hydrogen-bond acceptors (Lipinski definition) is 5. The maximum atomic E-state index is 14.0. The minimum Gasteiger partial charge on any atom is -0.494 e. The minimum atomic E-state index is -4.12. The summed E-state index contributed by atoms with van der Waals surface area (Å²) in [6, 6.07) is 23.6. The van der Waals surface area contributed by atoms with Crippen molar-refractivity contribution >= 4 is 27.5 Å². The number of rotatable bonds is 15. The molecule has 0 fully saturated rings. The van der Waals surface area contributed by atoms with Gasteiger partial charge in [0.2, 0.25) is 11.8 Å². The first-order valence-electron chi connectivity index (χ1n) is 13.7. The molecule has 1 atom stereocenters. The summed E-state index contributed by atoms with van der Waals surface area (Å²) in [6.45, 7) is 6.44. The number of anilines is 1. The maximum absolute atomic E-state index is 14.0. The number of sulfonamides is 1. The van der Waals surface area contributed by atoms with Crippen molar-refractivity contribution in [3.63, 3.8) is 0 Å². The molecular weight excluding hydrogens is 526 g/mol. The Morgan fingerprint density at radius 1 is 0.875 bits per heavy atom. The standard InChI is InChI=1S/C31H39N3O5S/c1-4-22-32-31(36)29(5-2)33(23-21-25-13-9-7-10-14-25)30(35)24-34(26-15-11-8-12-16-26)40(37,38)28-19-17-27(18-20-28)39-6-3/h7-20,29H,4-6,21-24H2,1-3H3,(H,32,36)/t29-/m1/s1. The molecule has 0 aliphatic rings. The van der Waals surface area contributed by atoms with Gasteiger partial charge >= 0.3 is 0 Å². The summed E-state index contributed by atoms with van der Waals surface area (Å²) in [4.78, 5) is 28.6. The fraction of sp³-hybridized carbons (Fsp3) is 0.355. The Hall–Kier alpha value is -3.85. The highest BCUT2D eigenvalue weighted by Gasteiger charge is 2.33. The van der Waals surface area contributed by atoms with E-state index in [0.29, 0.717) is 37.4 Å². The number of amides is 2. The van der Waals surface area contributed by atoms with Gasteiger partial charge in [0, 0.05) is 13.1 Å². The Labute approximate surface area is 238 Å². The zero-order valence-corrected chi connectivity index (χ0v) is 24.3. The van der Waals surface area contributed by atoms with Crippen LogP contribution in [0, 0.1) is 0 Å². The molecule has 0 bridgehead atoms. The van der Waals surface area contributed by atoms with Crippen molar-refractivity contribution in [1.82, 2.24) is 10.2 Å². The third-order valence-electron chi connectivity index (χ3n) is 6.47. The van der Waals surface area contributed by atoms with Crippen molar-refractivity contribution in [2.75, 3.05) is 30.5 Å². The zero-order valence-electron chi connectivity index (χ0n) is 23.5. The number of hydrogen-bond donors (Lipinski definition) is 1. The van der Waals surface area contributed by atoms with Crippen LogP contribution in [0.1, 0.15) is 39.2 Å². The summed E-state index contributed by atoms with van der Waals surface area (Å²) < 4.78 is 34.3. The molecule has 0 heterocycles. The second-order valence-corrected chi connectivity index (χ2v) is 11.2. The van der Waals surface area contributed by atoms with Gasteiger partial charge in [0.1, 0.15) is 18.3 Å². The molecule has 0 aliphatic carbocycles. The van der Waals surface area contributed by atoms with Gasteiger partial charge in [-0.3, -0.25) is 13.9 Å². The van der Waals surface area contributed by atoms with Crippen LogP contribution in [-0.4, -0.2) is 57.4 Å². The molecule has 0 aliphatic heterocycles. The van der Waals surface area contributed by atoms with Crippen LogP contribution in [0.3, 0.4) is 0 Å². The highest BCUT2D eigenvalue weighted by molar-refractivity contribution is 7.92. The van der Waals surface area contributed by atoms with Gasteiger partial charge in [0.25, 0.3) is 10.0 Å². The van der Waals surface area contributed by atoms with E-state index in [1.807, 2.05) is 51.1 Å². The minimum absolute atomic E-state index is 0.0381. The van der Waals surface area contributed by atoms with E-state index >= 15 is 0 Å². The van der Waals surface area contributed by atoms with Gasteiger partial charge in [-0.2, -0.15) is 0 Å². The molecule has 3 rings (SSSR count). The van der Waals surface area contributed by atoms with Gasteiger partial charge in [-0.15, -0.1) is 0 Å². The first-order chi connectivity index (χ1) is 19.3. The molecule has 0 saturated heterocycles. The van der Waals surface area contributed by atoms with E-state index in [2.05, 4.69) is 5.32 Å². The number of nitrogens with one attached hydrogen (secondary N) is 1. The molecule has 3 aromatic carbocycles. The fourth-order valence-electron chi connectivity index (χ4n) is 4.39. The topological polar surface area (TPSA) is 96.0 Å². The summed E-state index contributed by atoms with van der Waals surface area (Å²) >= 11 is 0. The summed E-state index contributed by atoms with van der Waals surface area (Å²) in [5.41, 5.74) is 1.38. The first-order valence-corrected chi connectivity index (χ1v) is 15.2. The van der Waals surface area contributed by atoms with E-state index < -0.39 is 28.5 Å². The van der Waals surface area contributed by atoms with Gasteiger partial charge in [-0.05, 0) is 68.1 Å². The maximum Gasteiger partial charge on any atom is 0.264 e. The van der Waals surface area contributed by atoms with E-state index in [1.165, 1.54) is 17.0 Å². The number of benzene rings is 3. The molecule has 214 valence electrons. The molecule has 0 aromatic heterocycles. The van der Waals surface area contributed by atoms with Crippen LogP contribution in [-0.2, 0) is 26.0 Å². The lowest BCUT2D eigenvalue weighted by atomic mass is 10.1. The molecule has 1 N–H and O–H groups in total. The van der Waals surface area contributed by atoms with Gasteiger partial charge in [0.05, 0.1) is 17.2 Å². The van der Waals surface area contributed by atoms with Crippen LogP contribution in [0.5, 0.6) is 5.75 Å². The van der Waals surface area contributed by atoms with Crippen LogP contribution in [0.4, 0.5) is 5.69 Å². The third-order valence-corrected chi connectivity index (χ3v) is 8.25. The molecular formula is C31H39N3O5S. The molecule has 3 aromatic rings. The average Bonchev–Trinajstić information content (AvgIpc) is 2.98. The van der Waals surface area contributed by atoms with E-state index in [-0.39, 0.29) is 17.3 Å². The van der Waals surface area contributed by atoms with Gasteiger partial charge in [-0.1, -0.05) is 62.4 Å². The van der Waals surface area contributed by atoms with Crippen LogP contribution in [0.25, 0.3) is 0 Å². The van der Waals surface area contributed by atoms with E-state index in [4.69, 9.17) is 4.74 Å². The largest absolute Gasteiger partial charge is 0.494 e. The second kappa shape index (κ2) is 15.1. The highest BCUT2D eigenvalue weighted by atomic mass is 32.2. The number of carbonyl (C=O) groups excluding carboxylic acids is 2. The molecule has 0 saturated carbocycles. The van der Waals surface area contributed by atoms with Gasteiger partial charge in [-0.25, -0.2) is 8.42 Å². The van der Waals surface area contributed by atoms with Crippen LogP contribution in [0.15, 0.2) is 89.8 Å². The molecule has 0 unspecified atom stereocenters. The monoisotopic (exact) mass is 565 g/mol. The first kappa shape index (κ1) is 30.7.